The Balaban J connectivity index is 2.20. The Kier molecular flexibility index (Phi) is 4.31. The minimum Gasteiger partial charge on any atom is -0.383 e. The first kappa shape index (κ1) is 15.8. The van der Waals surface area contributed by atoms with Crippen LogP contribution in [0.3, 0.4) is 0 Å². The summed E-state index contributed by atoms with van der Waals surface area (Å²) in [4.78, 5) is 4.44. The largest absolute Gasteiger partial charge is 0.383 e. The molecule has 0 radical (unpaired) electrons. The van der Waals surface area contributed by atoms with Gasteiger partial charge in [-0.15, -0.1) is 0 Å². The van der Waals surface area contributed by atoms with Crippen LogP contribution in [0, 0.1) is 18.3 Å². The maximum absolute atomic E-state index is 9.51. The smallest absolute Gasteiger partial charge is 0.142 e. The molecule has 3 aromatic rings. The molecule has 0 aliphatic heterocycles. The van der Waals surface area contributed by atoms with Gasteiger partial charge in [-0.1, -0.05) is 55.5 Å². The van der Waals surface area contributed by atoms with Crippen molar-refractivity contribution in [2.45, 2.75) is 20.3 Å². The Hall–Kier alpha value is -3.12. The van der Waals surface area contributed by atoms with E-state index in [1.165, 1.54) is 5.56 Å². The number of benzene rings is 2. The third kappa shape index (κ3) is 2.87. The van der Waals surface area contributed by atoms with Crippen molar-refractivity contribution >= 4 is 5.82 Å². The first-order valence-corrected chi connectivity index (χ1v) is 8.00. The summed E-state index contributed by atoms with van der Waals surface area (Å²) in [5.74, 6) is 0.271. The van der Waals surface area contributed by atoms with Crippen LogP contribution < -0.4 is 5.73 Å². The molecule has 3 rings (SSSR count). The van der Waals surface area contributed by atoms with Gasteiger partial charge in [0, 0.05) is 11.1 Å². The van der Waals surface area contributed by atoms with E-state index >= 15 is 0 Å². The van der Waals surface area contributed by atoms with Crippen LogP contribution >= 0.6 is 0 Å². The van der Waals surface area contributed by atoms with Crippen LogP contribution in [0.2, 0.25) is 0 Å². The summed E-state index contributed by atoms with van der Waals surface area (Å²) in [7, 11) is 0. The minimum atomic E-state index is 0.271. The number of nitrogen functional groups attached to an aromatic ring is 1. The topological polar surface area (TPSA) is 62.7 Å². The lowest BCUT2D eigenvalue weighted by Gasteiger charge is -2.12. The quantitative estimate of drug-likeness (QED) is 0.759. The van der Waals surface area contributed by atoms with Crippen molar-refractivity contribution in [3.05, 3.63) is 71.3 Å². The first-order valence-electron chi connectivity index (χ1n) is 8.00. The number of anilines is 1. The summed E-state index contributed by atoms with van der Waals surface area (Å²) in [6.45, 7) is 4.16. The van der Waals surface area contributed by atoms with Crippen LogP contribution in [0.4, 0.5) is 5.82 Å². The highest BCUT2D eigenvalue weighted by Gasteiger charge is 2.14. The summed E-state index contributed by atoms with van der Waals surface area (Å²) < 4.78 is 0. The predicted molar refractivity (Wildman–Crippen MR) is 98.4 cm³/mol. The molecule has 0 fully saturated rings. The number of nitrogens with zero attached hydrogens (tertiary/aromatic N) is 2. The first-order chi connectivity index (χ1) is 11.6. The van der Waals surface area contributed by atoms with Crippen LogP contribution in [0.15, 0.2) is 54.6 Å². The Bertz CT molecular complexity index is 919. The fourth-order valence-electron chi connectivity index (χ4n) is 2.83. The number of nitriles is 1. The number of aromatic nitrogens is 1. The highest BCUT2D eigenvalue weighted by atomic mass is 14.8. The summed E-state index contributed by atoms with van der Waals surface area (Å²) in [5, 5.41) is 9.51. The molecule has 0 saturated carbocycles. The van der Waals surface area contributed by atoms with E-state index in [-0.39, 0.29) is 5.82 Å². The third-order valence-corrected chi connectivity index (χ3v) is 4.25. The SMILES string of the molecule is CCc1ccc(-c2cc(-c3ccccc3C)c(C#N)c(N)n2)cc1. The van der Waals surface area contributed by atoms with Gasteiger partial charge in [0.1, 0.15) is 17.5 Å². The molecule has 2 aromatic carbocycles. The van der Waals surface area contributed by atoms with Crippen molar-refractivity contribution in [1.29, 1.82) is 5.26 Å². The number of hydrogen-bond donors (Lipinski definition) is 1. The molecule has 118 valence electrons. The fourth-order valence-corrected chi connectivity index (χ4v) is 2.83. The fraction of sp³-hybridized carbons (Fsp3) is 0.143. The molecular weight excluding hydrogens is 294 g/mol. The van der Waals surface area contributed by atoms with Gasteiger partial charge in [-0.2, -0.15) is 5.26 Å². The average molecular weight is 313 g/mol. The lowest BCUT2D eigenvalue weighted by atomic mass is 9.95. The summed E-state index contributed by atoms with van der Waals surface area (Å²) in [5.41, 5.74) is 12.5. The zero-order valence-corrected chi connectivity index (χ0v) is 13.9. The van der Waals surface area contributed by atoms with Crippen LogP contribution in [0.5, 0.6) is 0 Å². The number of rotatable bonds is 3. The second-order valence-corrected chi connectivity index (χ2v) is 5.79. The van der Waals surface area contributed by atoms with Gasteiger partial charge in [-0.25, -0.2) is 4.98 Å². The van der Waals surface area contributed by atoms with Gasteiger partial charge >= 0.3 is 0 Å². The molecule has 0 bridgehead atoms. The third-order valence-electron chi connectivity index (χ3n) is 4.25. The van der Waals surface area contributed by atoms with E-state index in [4.69, 9.17) is 5.73 Å². The molecule has 0 atom stereocenters. The van der Waals surface area contributed by atoms with E-state index in [1.54, 1.807) is 0 Å². The number of hydrogen-bond acceptors (Lipinski definition) is 3. The standard InChI is InChI=1S/C21H19N3/c1-3-15-8-10-16(11-9-15)20-12-18(19(13-22)21(23)24-20)17-7-5-4-6-14(17)2/h4-12H,3H2,1-2H3,(H2,23,24). The van der Waals surface area contributed by atoms with Gasteiger partial charge in [0.25, 0.3) is 0 Å². The molecule has 24 heavy (non-hydrogen) atoms. The Labute approximate surface area is 142 Å². The van der Waals surface area contributed by atoms with E-state index in [2.05, 4.69) is 30.1 Å². The molecule has 2 N–H and O–H groups in total. The van der Waals surface area contributed by atoms with Gasteiger partial charge in [0.2, 0.25) is 0 Å². The van der Waals surface area contributed by atoms with Gasteiger partial charge in [0.05, 0.1) is 5.69 Å². The van der Waals surface area contributed by atoms with Crippen molar-refractivity contribution in [2.75, 3.05) is 5.73 Å². The van der Waals surface area contributed by atoms with Crippen LogP contribution in [-0.2, 0) is 6.42 Å². The molecule has 0 spiro atoms. The molecule has 3 nitrogen and oxygen atoms in total. The molecule has 0 unspecified atom stereocenters. The highest BCUT2D eigenvalue weighted by Crippen LogP contribution is 2.32. The van der Waals surface area contributed by atoms with Crippen molar-refractivity contribution in [3.8, 4) is 28.5 Å². The normalized spacial score (nSPS) is 10.4. The Morgan fingerprint density at radius 2 is 1.75 bits per heavy atom. The van der Waals surface area contributed by atoms with Gasteiger partial charge in [0.15, 0.2) is 0 Å². The number of aryl methyl sites for hydroxylation is 2. The molecule has 3 heteroatoms. The van der Waals surface area contributed by atoms with E-state index < -0.39 is 0 Å². The zero-order valence-electron chi connectivity index (χ0n) is 13.9. The van der Waals surface area contributed by atoms with E-state index in [9.17, 15) is 5.26 Å². The maximum Gasteiger partial charge on any atom is 0.142 e. The van der Waals surface area contributed by atoms with Gasteiger partial charge < -0.3 is 5.73 Å². The second kappa shape index (κ2) is 6.55. The molecular formula is C21H19N3. The lowest BCUT2D eigenvalue weighted by molar-refractivity contribution is 1.14. The van der Waals surface area contributed by atoms with Crippen LogP contribution in [0.25, 0.3) is 22.4 Å². The summed E-state index contributed by atoms with van der Waals surface area (Å²) in [6.07, 6.45) is 0.998. The molecule has 0 amide bonds. The summed E-state index contributed by atoms with van der Waals surface area (Å²) >= 11 is 0. The summed E-state index contributed by atoms with van der Waals surface area (Å²) in [6, 6.07) is 20.4. The Morgan fingerprint density at radius 3 is 2.38 bits per heavy atom. The maximum atomic E-state index is 9.51. The molecule has 1 heterocycles. The predicted octanol–water partition coefficient (Wildman–Crippen LogP) is 4.74. The Morgan fingerprint density at radius 1 is 1.04 bits per heavy atom. The van der Waals surface area contributed by atoms with Crippen molar-refractivity contribution in [2.24, 2.45) is 0 Å². The molecule has 0 saturated heterocycles. The van der Waals surface area contributed by atoms with Gasteiger partial charge in [-0.3, -0.25) is 0 Å². The zero-order chi connectivity index (χ0) is 17.1. The van der Waals surface area contributed by atoms with Crippen LogP contribution in [0.1, 0.15) is 23.6 Å². The molecule has 0 aliphatic rings. The van der Waals surface area contributed by atoms with E-state index in [0.717, 1.165) is 34.4 Å². The highest BCUT2D eigenvalue weighted by molar-refractivity contribution is 5.81. The van der Waals surface area contributed by atoms with Crippen molar-refractivity contribution in [3.63, 3.8) is 0 Å². The van der Waals surface area contributed by atoms with Crippen LogP contribution in [-0.4, -0.2) is 4.98 Å². The second-order valence-electron chi connectivity index (χ2n) is 5.79. The number of pyridine rings is 1. The van der Waals surface area contributed by atoms with Crippen molar-refractivity contribution < 1.29 is 0 Å². The number of nitrogens with two attached hydrogens (primary N) is 1. The monoisotopic (exact) mass is 313 g/mol. The molecule has 0 aliphatic carbocycles. The average Bonchev–Trinajstić information content (AvgIpc) is 2.61. The minimum absolute atomic E-state index is 0.271. The van der Waals surface area contributed by atoms with E-state index in [0.29, 0.717) is 5.56 Å². The lowest BCUT2D eigenvalue weighted by Crippen LogP contribution is -2.00. The van der Waals surface area contributed by atoms with E-state index in [1.807, 2.05) is 49.4 Å². The van der Waals surface area contributed by atoms with Gasteiger partial charge in [-0.05, 0) is 36.1 Å². The molecule has 1 aromatic heterocycles. The van der Waals surface area contributed by atoms with Crippen molar-refractivity contribution in [1.82, 2.24) is 4.98 Å².